The summed E-state index contributed by atoms with van der Waals surface area (Å²) < 4.78 is 15.5. The average Bonchev–Trinajstić information content (AvgIpc) is 2.83. The molecule has 0 aliphatic carbocycles. The SMILES string of the molecule is CCOC(=O)c1ccc(NC(=O)COC(=O)COc2ccccc2-c2ccccc2)cc1. The molecular formula is C25H23NO6. The molecule has 0 heterocycles. The van der Waals surface area contributed by atoms with Crippen LogP contribution in [0.15, 0.2) is 78.9 Å². The third-order valence-electron chi connectivity index (χ3n) is 4.36. The van der Waals surface area contributed by atoms with Gasteiger partial charge >= 0.3 is 11.9 Å². The van der Waals surface area contributed by atoms with Gasteiger partial charge in [-0.3, -0.25) is 4.79 Å². The molecule has 7 nitrogen and oxygen atoms in total. The minimum atomic E-state index is -0.666. The Bertz CT molecular complexity index is 1060. The number of carbonyl (C=O) groups is 3. The lowest BCUT2D eigenvalue weighted by molar-refractivity contribution is -0.149. The van der Waals surface area contributed by atoms with Gasteiger partial charge in [-0.2, -0.15) is 0 Å². The van der Waals surface area contributed by atoms with Gasteiger partial charge in [0, 0.05) is 11.3 Å². The van der Waals surface area contributed by atoms with Crippen LogP contribution >= 0.6 is 0 Å². The predicted molar refractivity (Wildman–Crippen MR) is 119 cm³/mol. The fourth-order valence-electron chi connectivity index (χ4n) is 2.87. The molecule has 164 valence electrons. The van der Waals surface area contributed by atoms with E-state index >= 15 is 0 Å². The summed E-state index contributed by atoms with van der Waals surface area (Å²) in [5.41, 5.74) is 2.66. The molecule has 0 saturated heterocycles. The van der Waals surface area contributed by atoms with Crippen molar-refractivity contribution in [3.8, 4) is 16.9 Å². The van der Waals surface area contributed by atoms with Crippen molar-refractivity contribution in [2.24, 2.45) is 0 Å². The number of esters is 2. The van der Waals surface area contributed by atoms with E-state index in [9.17, 15) is 14.4 Å². The molecule has 3 rings (SSSR count). The standard InChI is InChI=1S/C25H23NO6/c1-2-30-25(29)19-12-14-20(15-13-19)26-23(27)16-32-24(28)17-31-22-11-7-6-10-21(22)18-8-4-3-5-9-18/h3-15H,2,16-17H2,1H3,(H,26,27). The van der Waals surface area contributed by atoms with E-state index in [4.69, 9.17) is 14.2 Å². The van der Waals surface area contributed by atoms with Gasteiger partial charge in [-0.1, -0.05) is 48.5 Å². The maximum absolute atomic E-state index is 12.0. The second-order valence-electron chi connectivity index (χ2n) is 6.66. The van der Waals surface area contributed by atoms with Crippen molar-refractivity contribution >= 4 is 23.5 Å². The molecule has 1 amide bonds. The molecular weight excluding hydrogens is 410 g/mol. The van der Waals surface area contributed by atoms with Gasteiger partial charge in [0.25, 0.3) is 5.91 Å². The number of benzene rings is 3. The number of hydrogen-bond acceptors (Lipinski definition) is 6. The highest BCUT2D eigenvalue weighted by Crippen LogP contribution is 2.29. The normalized spacial score (nSPS) is 10.2. The first-order valence-electron chi connectivity index (χ1n) is 10.1. The molecule has 0 fully saturated rings. The van der Waals surface area contributed by atoms with Crippen LogP contribution in [0.2, 0.25) is 0 Å². The van der Waals surface area contributed by atoms with Gasteiger partial charge in [0.05, 0.1) is 12.2 Å². The number of ether oxygens (including phenoxy) is 3. The van der Waals surface area contributed by atoms with Crippen molar-refractivity contribution in [2.75, 3.05) is 25.1 Å². The van der Waals surface area contributed by atoms with Gasteiger partial charge in [0.2, 0.25) is 0 Å². The maximum Gasteiger partial charge on any atom is 0.344 e. The van der Waals surface area contributed by atoms with Crippen molar-refractivity contribution in [3.63, 3.8) is 0 Å². The van der Waals surface area contributed by atoms with Crippen molar-refractivity contribution in [1.82, 2.24) is 0 Å². The van der Waals surface area contributed by atoms with Crippen molar-refractivity contribution in [3.05, 3.63) is 84.4 Å². The number of hydrogen-bond donors (Lipinski definition) is 1. The van der Waals surface area contributed by atoms with Crippen LogP contribution in [-0.2, 0) is 19.1 Å². The summed E-state index contributed by atoms with van der Waals surface area (Å²) in [6.45, 7) is 1.22. The first kappa shape index (κ1) is 22.6. The van der Waals surface area contributed by atoms with E-state index in [-0.39, 0.29) is 13.2 Å². The van der Waals surface area contributed by atoms with Crippen molar-refractivity contribution in [2.45, 2.75) is 6.92 Å². The molecule has 0 bridgehead atoms. The second-order valence-corrected chi connectivity index (χ2v) is 6.66. The molecule has 1 N–H and O–H groups in total. The number of amides is 1. The Kier molecular flexibility index (Phi) is 7.97. The van der Waals surface area contributed by atoms with E-state index < -0.39 is 24.5 Å². The molecule has 0 saturated carbocycles. The van der Waals surface area contributed by atoms with Gasteiger partial charge in [-0.15, -0.1) is 0 Å². The second kappa shape index (κ2) is 11.3. The fraction of sp³-hybridized carbons (Fsp3) is 0.160. The Balaban J connectivity index is 1.47. The summed E-state index contributed by atoms with van der Waals surface area (Å²) in [5.74, 6) is -1.07. The minimum Gasteiger partial charge on any atom is -0.481 e. The Morgan fingerprint density at radius 1 is 0.781 bits per heavy atom. The van der Waals surface area contributed by atoms with E-state index in [2.05, 4.69) is 5.32 Å². The lowest BCUT2D eigenvalue weighted by atomic mass is 10.1. The van der Waals surface area contributed by atoms with E-state index in [0.717, 1.165) is 11.1 Å². The first-order chi connectivity index (χ1) is 15.6. The predicted octanol–water partition coefficient (Wildman–Crippen LogP) is 4.09. The molecule has 3 aromatic carbocycles. The molecule has 0 radical (unpaired) electrons. The molecule has 0 atom stereocenters. The van der Waals surface area contributed by atoms with E-state index in [0.29, 0.717) is 17.0 Å². The van der Waals surface area contributed by atoms with E-state index in [1.54, 1.807) is 25.1 Å². The zero-order valence-corrected chi connectivity index (χ0v) is 17.6. The lowest BCUT2D eigenvalue weighted by Gasteiger charge is -2.11. The van der Waals surface area contributed by atoms with Crippen LogP contribution in [0.5, 0.6) is 5.75 Å². The highest BCUT2D eigenvalue weighted by Gasteiger charge is 2.12. The van der Waals surface area contributed by atoms with Gasteiger partial charge in [-0.05, 0) is 42.8 Å². The Morgan fingerprint density at radius 3 is 2.19 bits per heavy atom. The van der Waals surface area contributed by atoms with Gasteiger partial charge in [0.15, 0.2) is 13.2 Å². The minimum absolute atomic E-state index is 0.282. The number of para-hydroxylation sites is 1. The van der Waals surface area contributed by atoms with Crippen LogP contribution < -0.4 is 10.1 Å². The quantitative estimate of drug-likeness (QED) is 0.511. The van der Waals surface area contributed by atoms with Gasteiger partial charge in [-0.25, -0.2) is 9.59 Å². The topological polar surface area (TPSA) is 90.9 Å². The Morgan fingerprint density at radius 2 is 1.47 bits per heavy atom. The van der Waals surface area contributed by atoms with E-state index in [1.165, 1.54) is 12.1 Å². The summed E-state index contributed by atoms with van der Waals surface area (Å²) in [6, 6.07) is 23.2. The number of anilines is 1. The van der Waals surface area contributed by atoms with E-state index in [1.807, 2.05) is 48.5 Å². The lowest BCUT2D eigenvalue weighted by Crippen LogP contribution is -2.23. The largest absolute Gasteiger partial charge is 0.481 e. The number of nitrogens with one attached hydrogen (secondary N) is 1. The molecule has 7 heteroatoms. The van der Waals surface area contributed by atoms with Gasteiger partial charge < -0.3 is 19.5 Å². The monoisotopic (exact) mass is 433 g/mol. The third-order valence-corrected chi connectivity index (χ3v) is 4.36. The molecule has 32 heavy (non-hydrogen) atoms. The zero-order chi connectivity index (χ0) is 22.8. The summed E-state index contributed by atoms with van der Waals surface area (Å²) >= 11 is 0. The molecule has 0 aliphatic rings. The smallest absolute Gasteiger partial charge is 0.344 e. The highest BCUT2D eigenvalue weighted by atomic mass is 16.6. The van der Waals surface area contributed by atoms with Crippen LogP contribution in [0.1, 0.15) is 17.3 Å². The van der Waals surface area contributed by atoms with Crippen LogP contribution in [-0.4, -0.2) is 37.7 Å². The molecule has 0 unspecified atom stereocenters. The van der Waals surface area contributed by atoms with Crippen molar-refractivity contribution < 1.29 is 28.6 Å². The molecule has 0 aromatic heterocycles. The summed E-state index contributed by atoms with van der Waals surface area (Å²) in [7, 11) is 0. The third kappa shape index (κ3) is 6.43. The molecule has 0 aliphatic heterocycles. The molecule has 0 spiro atoms. The number of rotatable bonds is 9. The first-order valence-corrected chi connectivity index (χ1v) is 10.1. The fourth-order valence-corrected chi connectivity index (χ4v) is 2.87. The highest BCUT2D eigenvalue weighted by molar-refractivity contribution is 5.94. The van der Waals surface area contributed by atoms with Crippen molar-refractivity contribution in [1.29, 1.82) is 0 Å². The van der Waals surface area contributed by atoms with Crippen LogP contribution in [0.4, 0.5) is 5.69 Å². The number of carbonyl (C=O) groups excluding carboxylic acids is 3. The van der Waals surface area contributed by atoms with Crippen LogP contribution in [0, 0.1) is 0 Å². The molecule has 3 aromatic rings. The average molecular weight is 433 g/mol. The van der Waals surface area contributed by atoms with Crippen LogP contribution in [0.25, 0.3) is 11.1 Å². The Labute approximate surface area is 185 Å². The zero-order valence-electron chi connectivity index (χ0n) is 17.6. The summed E-state index contributed by atoms with van der Waals surface area (Å²) in [6.07, 6.45) is 0. The summed E-state index contributed by atoms with van der Waals surface area (Å²) in [4.78, 5) is 35.7. The van der Waals surface area contributed by atoms with Gasteiger partial charge in [0.1, 0.15) is 5.75 Å². The maximum atomic E-state index is 12.0. The Hall–Kier alpha value is -4.13. The van der Waals surface area contributed by atoms with Crippen LogP contribution in [0.3, 0.4) is 0 Å². The summed E-state index contributed by atoms with van der Waals surface area (Å²) in [5, 5.41) is 2.59.